The molecule has 1 aromatic rings. The molecule has 2 N–H and O–H groups in total. The van der Waals surface area contributed by atoms with E-state index in [1.165, 1.54) is 5.56 Å². The zero-order valence-corrected chi connectivity index (χ0v) is 11.6. The second-order valence-corrected chi connectivity index (χ2v) is 4.62. The van der Waals surface area contributed by atoms with Crippen molar-refractivity contribution in [2.24, 2.45) is 5.92 Å². The number of nitrogens with one attached hydrogen (secondary N) is 2. The smallest absolute Gasteiger partial charge is 0.251 e. The maximum absolute atomic E-state index is 11.9. The average molecular weight is 269 g/mol. The van der Waals surface area contributed by atoms with Crippen LogP contribution in [0.1, 0.15) is 29.3 Å². The van der Waals surface area contributed by atoms with Crippen molar-refractivity contribution in [2.75, 3.05) is 19.6 Å². The second kappa shape index (κ2) is 7.39. The number of carbonyl (C=O) groups excluding carboxylic acids is 1. The molecule has 1 aromatic carbocycles. The summed E-state index contributed by atoms with van der Waals surface area (Å²) in [4.78, 5) is 11.9. The summed E-state index contributed by atoms with van der Waals surface area (Å²) in [7, 11) is 0. The third-order valence-corrected chi connectivity index (χ3v) is 3.34. The molecule has 0 radical (unpaired) electrons. The average Bonchev–Trinajstić information content (AvgIpc) is 2.89. The van der Waals surface area contributed by atoms with Crippen molar-refractivity contribution in [1.29, 1.82) is 0 Å². The van der Waals surface area contributed by atoms with Gasteiger partial charge in [-0.05, 0) is 49.5 Å². The molecule has 2 rings (SSSR count). The molecule has 1 aliphatic rings. The largest absolute Gasteiger partial charge is 0.352 e. The Labute approximate surface area is 115 Å². The Hall–Kier alpha value is -1.06. The molecule has 100 valence electrons. The summed E-state index contributed by atoms with van der Waals surface area (Å²) in [6.07, 6.45) is 2.17. The van der Waals surface area contributed by atoms with E-state index in [0.717, 1.165) is 38.0 Å². The van der Waals surface area contributed by atoms with Gasteiger partial charge in [0.25, 0.3) is 5.91 Å². The molecule has 18 heavy (non-hydrogen) atoms. The van der Waals surface area contributed by atoms with Crippen molar-refractivity contribution >= 4 is 18.3 Å². The fourth-order valence-corrected chi connectivity index (χ4v) is 2.12. The number of hydrogen-bond acceptors (Lipinski definition) is 2. The normalized spacial score (nSPS) is 18.2. The molecule has 0 saturated carbocycles. The molecule has 0 aliphatic carbocycles. The molecule has 1 fully saturated rings. The van der Waals surface area contributed by atoms with Gasteiger partial charge in [-0.15, -0.1) is 12.4 Å². The highest BCUT2D eigenvalue weighted by atomic mass is 35.5. The molecule has 0 spiro atoms. The summed E-state index contributed by atoms with van der Waals surface area (Å²) in [5, 5.41) is 6.30. The standard InChI is InChI=1S/C14H20N2O.ClH/c1-2-11-3-5-13(6-4-11)14(17)16-10-12-7-8-15-9-12;/h3-6,12,15H,2,7-10H2,1H3,(H,16,17);1H. The first kappa shape index (κ1) is 15.0. The van der Waals surface area contributed by atoms with E-state index < -0.39 is 0 Å². The van der Waals surface area contributed by atoms with Crippen LogP contribution in [-0.4, -0.2) is 25.5 Å². The zero-order chi connectivity index (χ0) is 12.1. The minimum absolute atomic E-state index is 0. The molecule has 3 nitrogen and oxygen atoms in total. The number of amides is 1. The molecular weight excluding hydrogens is 248 g/mol. The van der Waals surface area contributed by atoms with Crippen LogP contribution in [0.4, 0.5) is 0 Å². The molecule has 0 aromatic heterocycles. The maximum Gasteiger partial charge on any atom is 0.251 e. The number of halogens is 1. The van der Waals surface area contributed by atoms with Crippen LogP contribution in [0.25, 0.3) is 0 Å². The highest BCUT2D eigenvalue weighted by molar-refractivity contribution is 5.94. The summed E-state index contributed by atoms with van der Waals surface area (Å²) in [5.41, 5.74) is 2.02. The first-order valence-corrected chi connectivity index (χ1v) is 6.37. The van der Waals surface area contributed by atoms with Crippen molar-refractivity contribution in [2.45, 2.75) is 19.8 Å². The second-order valence-electron chi connectivity index (χ2n) is 4.62. The third kappa shape index (κ3) is 4.00. The van der Waals surface area contributed by atoms with Crippen LogP contribution in [0.3, 0.4) is 0 Å². The van der Waals surface area contributed by atoms with Gasteiger partial charge in [0, 0.05) is 12.1 Å². The Bertz CT molecular complexity index is 372. The van der Waals surface area contributed by atoms with E-state index >= 15 is 0 Å². The van der Waals surface area contributed by atoms with E-state index in [1.807, 2.05) is 24.3 Å². The van der Waals surface area contributed by atoms with Crippen LogP contribution in [0.5, 0.6) is 0 Å². The van der Waals surface area contributed by atoms with Gasteiger partial charge in [0.15, 0.2) is 0 Å². The number of hydrogen-bond donors (Lipinski definition) is 2. The summed E-state index contributed by atoms with van der Waals surface area (Å²) in [6.45, 7) is 4.99. The van der Waals surface area contributed by atoms with Gasteiger partial charge in [0.2, 0.25) is 0 Å². The SMILES string of the molecule is CCc1ccc(C(=O)NCC2CCNC2)cc1.Cl. The molecule has 1 unspecified atom stereocenters. The quantitative estimate of drug-likeness (QED) is 0.877. The topological polar surface area (TPSA) is 41.1 Å². The molecule has 4 heteroatoms. The van der Waals surface area contributed by atoms with Gasteiger partial charge < -0.3 is 10.6 Å². The van der Waals surface area contributed by atoms with E-state index in [9.17, 15) is 4.79 Å². The highest BCUT2D eigenvalue weighted by Gasteiger charge is 2.15. The molecule has 1 atom stereocenters. The lowest BCUT2D eigenvalue weighted by molar-refractivity contribution is 0.0948. The monoisotopic (exact) mass is 268 g/mol. The molecule has 1 aliphatic heterocycles. The summed E-state index contributed by atoms with van der Waals surface area (Å²) in [6, 6.07) is 7.85. The Morgan fingerprint density at radius 1 is 1.39 bits per heavy atom. The van der Waals surface area contributed by atoms with Gasteiger partial charge in [-0.25, -0.2) is 0 Å². The van der Waals surface area contributed by atoms with Gasteiger partial charge in [-0.2, -0.15) is 0 Å². The lowest BCUT2D eigenvalue weighted by Crippen LogP contribution is -2.30. The zero-order valence-electron chi connectivity index (χ0n) is 10.7. The summed E-state index contributed by atoms with van der Waals surface area (Å²) < 4.78 is 0. The van der Waals surface area contributed by atoms with E-state index in [0.29, 0.717) is 5.92 Å². The first-order chi connectivity index (χ1) is 8.29. The van der Waals surface area contributed by atoms with Crippen LogP contribution < -0.4 is 10.6 Å². The maximum atomic E-state index is 11.9. The van der Waals surface area contributed by atoms with Gasteiger partial charge in [-0.3, -0.25) is 4.79 Å². The molecular formula is C14H21ClN2O. The van der Waals surface area contributed by atoms with E-state index in [2.05, 4.69) is 17.6 Å². The number of carbonyl (C=O) groups is 1. The van der Waals surface area contributed by atoms with Crippen molar-refractivity contribution in [3.63, 3.8) is 0 Å². The van der Waals surface area contributed by atoms with Crippen LogP contribution in [0, 0.1) is 5.92 Å². The van der Waals surface area contributed by atoms with E-state index in [-0.39, 0.29) is 18.3 Å². The van der Waals surface area contributed by atoms with Crippen LogP contribution >= 0.6 is 12.4 Å². The predicted octanol–water partition coefficient (Wildman–Crippen LogP) is 2.01. The Morgan fingerprint density at radius 3 is 2.67 bits per heavy atom. The minimum atomic E-state index is 0. The van der Waals surface area contributed by atoms with Crippen molar-refractivity contribution < 1.29 is 4.79 Å². The summed E-state index contributed by atoms with van der Waals surface area (Å²) in [5.74, 6) is 0.633. The van der Waals surface area contributed by atoms with Gasteiger partial charge in [0.1, 0.15) is 0 Å². The van der Waals surface area contributed by atoms with Crippen molar-refractivity contribution in [3.05, 3.63) is 35.4 Å². The fraction of sp³-hybridized carbons (Fsp3) is 0.500. The Morgan fingerprint density at radius 2 is 2.11 bits per heavy atom. The van der Waals surface area contributed by atoms with Crippen LogP contribution in [-0.2, 0) is 6.42 Å². The van der Waals surface area contributed by atoms with E-state index in [4.69, 9.17) is 0 Å². The predicted molar refractivity (Wildman–Crippen MR) is 76.4 cm³/mol. The van der Waals surface area contributed by atoms with Gasteiger partial charge >= 0.3 is 0 Å². The molecule has 1 amide bonds. The fourth-order valence-electron chi connectivity index (χ4n) is 2.12. The lowest BCUT2D eigenvalue weighted by atomic mass is 10.1. The lowest BCUT2D eigenvalue weighted by Gasteiger charge is -2.10. The van der Waals surface area contributed by atoms with Gasteiger partial charge in [0.05, 0.1) is 0 Å². The first-order valence-electron chi connectivity index (χ1n) is 6.37. The Balaban J connectivity index is 0.00000162. The van der Waals surface area contributed by atoms with Crippen LogP contribution in [0.2, 0.25) is 0 Å². The number of rotatable bonds is 4. The van der Waals surface area contributed by atoms with Crippen molar-refractivity contribution in [3.8, 4) is 0 Å². The van der Waals surface area contributed by atoms with E-state index in [1.54, 1.807) is 0 Å². The number of aryl methyl sites for hydroxylation is 1. The van der Waals surface area contributed by atoms with Crippen LogP contribution in [0.15, 0.2) is 24.3 Å². The third-order valence-electron chi connectivity index (χ3n) is 3.34. The van der Waals surface area contributed by atoms with Crippen molar-refractivity contribution in [1.82, 2.24) is 10.6 Å². The Kier molecular flexibility index (Phi) is 6.16. The molecule has 1 saturated heterocycles. The highest BCUT2D eigenvalue weighted by Crippen LogP contribution is 2.07. The molecule has 0 bridgehead atoms. The number of benzene rings is 1. The molecule has 1 heterocycles. The van der Waals surface area contributed by atoms with Gasteiger partial charge in [-0.1, -0.05) is 19.1 Å². The minimum Gasteiger partial charge on any atom is -0.352 e. The summed E-state index contributed by atoms with van der Waals surface area (Å²) >= 11 is 0.